The minimum Gasteiger partial charge on any atom is -0.355 e. The molecule has 4 atom stereocenters. The summed E-state index contributed by atoms with van der Waals surface area (Å²) in [5.41, 5.74) is 1.97. The highest BCUT2D eigenvalue weighted by Gasteiger charge is 2.59. The molecule has 154 valence electrons. The number of hydrogen-bond donors (Lipinski definition) is 1. The van der Waals surface area contributed by atoms with Gasteiger partial charge in [0.1, 0.15) is 6.54 Å². The number of carbonyl (C=O) groups excluding carboxylic acids is 3. The molecular formula is C22H22N4O3S. The number of nitrogens with zero attached hydrogens (tertiary/aromatic N) is 3. The number of aryl methyl sites for hydroxylation is 1. The third kappa shape index (κ3) is 3.35. The van der Waals surface area contributed by atoms with E-state index in [1.165, 1.54) is 4.90 Å². The molecule has 0 aromatic carbocycles. The molecule has 5 rings (SSSR count). The van der Waals surface area contributed by atoms with Gasteiger partial charge in [0.05, 0.1) is 22.5 Å². The van der Waals surface area contributed by atoms with E-state index < -0.39 is 0 Å². The van der Waals surface area contributed by atoms with Crippen LogP contribution in [0.5, 0.6) is 0 Å². The number of hydrogen-bond acceptors (Lipinski definition) is 6. The predicted molar refractivity (Wildman–Crippen MR) is 111 cm³/mol. The topological polar surface area (TPSA) is 92.3 Å². The summed E-state index contributed by atoms with van der Waals surface area (Å²) in [4.78, 5) is 47.4. The lowest BCUT2D eigenvalue weighted by Gasteiger charge is -2.16. The maximum atomic E-state index is 12.6. The Labute approximate surface area is 178 Å². The van der Waals surface area contributed by atoms with Crippen molar-refractivity contribution in [2.45, 2.75) is 19.3 Å². The average Bonchev–Trinajstić information content (AvgIpc) is 3.53. The van der Waals surface area contributed by atoms with Crippen molar-refractivity contribution in [3.63, 3.8) is 0 Å². The predicted octanol–water partition coefficient (Wildman–Crippen LogP) is 2.06. The number of amides is 3. The van der Waals surface area contributed by atoms with Gasteiger partial charge in [-0.1, -0.05) is 12.2 Å². The summed E-state index contributed by atoms with van der Waals surface area (Å²) in [5.74, 6) is -0.806. The zero-order valence-corrected chi connectivity index (χ0v) is 17.2. The molecule has 0 spiro atoms. The van der Waals surface area contributed by atoms with E-state index in [1.54, 1.807) is 23.7 Å². The SMILES string of the molecule is O=C(CN1C(=O)C2C3C=CC(C3)C2C1=O)NCCCc1nc(-c2ccncc2)cs1. The molecular weight excluding hydrogens is 400 g/mol. The first-order chi connectivity index (χ1) is 14.6. The van der Waals surface area contributed by atoms with Gasteiger partial charge in [0, 0.05) is 36.3 Å². The Balaban J connectivity index is 1.08. The molecule has 30 heavy (non-hydrogen) atoms. The van der Waals surface area contributed by atoms with Gasteiger partial charge in [-0.3, -0.25) is 24.3 Å². The molecule has 0 radical (unpaired) electrons. The number of nitrogens with one attached hydrogen (secondary N) is 1. The van der Waals surface area contributed by atoms with Crippen LogP contribution in [0.1, 0.15) is 17.8 Å². The Morgan fingerprint density at radius 2 is 1.83 bits per heavy atom. The maximum Gasteiger partial charge on any atom is 0.240 e. The van der Waals surface area contributed by atoms with Crippen LogP contribution >= 0.6 is 11.3 Å². The summed E-state index contributed by atoms with van der Waals surface area (Å²) >= 11 is 1.60. The Kier molecular flexibility index (Phi) is 4.94. The quantitative estimate of drug-likeness (QED) is 0.419. The second-order valence-electron chi connectivity index (χ2n) is 8.08. The lowest BCUT2D eigenvalue weighted by molar-refractivity contribution is -0.144. The van der Waals surface area contributed by atoms with Crippen molar-refractivity contribution in [2.24, 2.45) is 23.7 Å². The normalized spacial score (nSPS) is 26.5. The van der Waals surface area contributed by atoms with Crippen molar-refractivity contribution < 1.29 is 14.4 Å². The summed E-state index contributed by atoms with van der Waals surface area (Å²) < 4.78 is 0. The molecule has 1 aliphatic heterocycles. The van der Waals surface area contributed by atoms with Crippen molar-refractivity contribution in [1.29, 1.82) is 0 Å². The van der Waals surface area contributed by atoms with E-state index in [9.17, 15) is 14.4 Å². The molecule has 7 nitrogen and oxygen atoms in total. The van der Waals surface area contributed by atoms with Crippen LogP contribution in [0.3, 0.4) is 0 Å². The molecule has 4 unspecified atom stereocenters. The Bertz CT molecular complexity index is 988. The molecule has 1 N–H and O–H groups in total. The van der Waals surface area contributed by atoms with E-state index in [4.69, 9.17) is 0 Å². The van der Waals surface area contributed by atoms with Crippen molar-refractivity contribution in [1.82, 2.24) is 20.2 Å². The zero-order valence-electron chi connectivity index (χ0n) is 16.4. The van der Waals surface area contributed by atoms with Crippen LogP contribution in [0.4, 0.5) is 0 Å². The van der Waals surface area contributed by atoms with Gasteiger partial charge in [0.25, 0.3) is 0 Å². The van der Waals surface area contributed by atoms with E-state index in [-0.39, 0.29) is 47.9 Å². The van der Waals surface area contributed by atoms with Gasteiger partial charge in [0.15, 0.2) is 0 Å². The minimum atomic E-state index is -0.284. The molecule has 2 aromatic rings. The van der Waals surface area contributed by atoms with Crippen molar-refractivity contribution in [3.05, 3.63) is 47.1 Å². The summed E-state index contributed by atoms with van der Waals surface area (Å²) in [7, 11) is 0. The fourth-order valence-electron chi connectivity index (χ4n) is 4.87. The Morgan fingerprint density at radius 3 is 2.53 bits per heavy atom. The number of thiazole rings is 1. The van der Waals surface area contributed by atoms with Crippen molar-refractivity contribution >= 4 is 29.1 Å². The largest absolute Gasteiger partial charge is 0.355 e. The highest BCUT2D eigenvalue weighted by atomic mass is 32.1. The van der Waals surface area contributed by atoms with Crippen molar-refractivity contribution in [2.75, 3.05) is 13.1 Å². The second-order valence-corrected chi connectivity index (χ2v) is 9.02. The number of aromatic nitrogens is 2. The summed E-state index contributed by atoms with van der Waals surface area (Å²) in [6.45, 7) is 0.312. The monoisotopic (exact) mass is 422 g/mol. The number of imide groups is 1. The van der Waals surface area contributed by atoms with Crippen LogP contribution in [0.2, 0.25) is 0 Å². The molecule has 1 saturated heterocycles. The molecule has 3 amide bonds. The van der Waals surface area contributed by atoms with Gasteiger partial charge >= 0.3 is 0 Å². The third-order valence-corrected chi connectivity index (χ3v) is 7.19. The van der Waals surface area contributed by atoms with E-state index >= 15 is 0 Å². The summed E-state index contributed by atoms with van der Waals surface area (Å²) in [6.07, 6.45) is 10.0. The molecule has 3 heterocycles. The van der Waals surface area contributed by atoms with Gasteiger partial charge in [0.2, 0.25) is 17.7 Å². The number of rotatable bonds is 7. The van der Waals surface area contributed by atoms with Gasteiger partial charge in [-0.2, -0.15) is 0 Å². The fourth-order valence-corrected chi connectivity index (χ4v) is 5.72. The number of carbonyl (C=O) groups is 3. The van der Waals surface area contributed by atoms with Crippen LogP contribution in [-0.4, -0.2) is 45.7 Å². The zero-order chi connectivity index (χ0) is 20.7. The number of likely N-dealkylation sites (tertiary alicyclic amines) is 1. The Hall–Kier alpha value is -2.87. The van der Waals surface area contributed by atoms with E-state index in [0.29, 0.717) is 6.54 Å². The van der Waals surface area contributed by atoms with Gasteiger partial charge < -0.3 is 5.32 Å². The lowest BCUT2D eigenvalue weighted by Crippen LogP contribution is -2.42. The first-order valence-corrected chi connectivity index (χ1v) is 11.1. The minimum absolute atomic E-state index is 0.167. The number of allylic oxidation sites excluding steroid dienone is 2. The van der Waals surface area contributed by atoms with Crippen LogP contribution in [0.15, 0.2) is 42.1 Å². The van der Waals surface area contributed by atoms with Crippen LogP contribution < -0.4 is 5.32 Å². The van der Waals surface area contributed by atoms with E-state index in [0.717, 1.165) is 35.5 Å². The number of fused-ring (bicyclic) bond motifs is 5. The third-order valence-electron chi connectivity index (χ3n) is 6.28. The lowest BCUT2D eigenvalue weighted by atomic mass is 9.85. The Morgan fingerprint density at radius 1 is 1.13 bits per heavy atom. The molecule has 3 aliphatic rings. The molecule has 1 saturated carbocycles. The second kappa shape index (κ2) is 7.75. The molecule has 2 aliphatic carbocycles. The summed E-state index contributed by atoms with van der Waals surface area (Å²) in [6, 6.07) is 3.85. The first kappa shape index (κ1) is 19.1. The molecule has 2 bridgehead atoms. The first-order valence-electron chi connectivity index (χ1n) is 10.3. The smallest absolute Gasteiger partial charge is 0.240 e. The van der Waals surface area contributed by atoms with E-state index in [1.807, 2.05) is 17.5 Å². The van der Waals surface area contributed by atoms with Crippen LogP contribution in [0, 0.1) is 23.7 Å². The average molecular weight is 423 g/mol. The van der Waals surface area contributed by atoms with Gasteiger partial charge in [-0.25, -0.2) is 4.98 Å². The van der Waals surface area contributed by atoms with E-state index in [2.05, 4.69) is 27.4 Å². The molecule has 2 fully saturated rings. The standard InChI is InChI=1S/C22H22N4O3S/c27-17(11-26-21(28)19-14-3-4-15(10-14)20(19)22(26)29)24-7-1-2-18-25-16(12-30-18)13-5-8-23-9-6-13/h3-6,8-9,12,14-15,19-20H,1-2,7,10-11H2,(H,24,27). The van der Waals surface area contributed by atoms with Crippen LogP contribution in [0.25, 0.3) is 11.3 Å². The van der Waals surface area contributed by atoms with Crippen molar-refractivity contribution in [3.8, 4) is 11.3 Å². The maximum absolute atomic E-state index is 12.6. The highest BCUT2D eigenvalue weighted by molar-refractivity contribution is 7.09. The number of pyridine rings is 1. The highest BCUT2D eigenvalue weighted by Crippen LogP contribution is 2.52. The summed E-state index contributed by atoms with van der Waals surface area (Å²) in [5, 5.41) is 5.86. The fraction of sp³-hybridized carbons (Fsp3) is 0.409. The molecule has 8 heteroatoms. The van der Waals surface area contributed by atoms with Crippen LogP contribution in [-0.2, 0) is 20.8 Å². The van der Waals surface area contributed by atoms with Gasteiger partial charge in [-0.05, 0) is 36.8 Å². The van der Waals surface area contributed by atoms with Gasteiger partial charge in [-0.15, -0.1) is 11.3 Å². The molecule has 2 aromatic heterocycles.